The van der Waals surface area contributed by atoms with Crippen LogP contribution in [0.3, 0.4) is 0 Å². The zero-order valence-electron chi connectivity index (χ0n) is 11.5. The van der Waals surface area contributed by atoms with Crippen molar-refractivity contribution in [1.29, 1.82) is 5.26 Å². The van der Waals surface area contributed by atoms with Crippen molar-refractivity contribution in [2.24, 2.45) is 0 Å². The predicted octanol–water partition coefficient (Wildman–Crippen LogP) is 2.27. The van der Waals surface area contributed by atoms with Gasteiger partial charge in [0.15, 0.2) is 5.75 Å². The summed E-state index contributed by atoms with van der Waals surface area (Å²) in [6, 6.07) is 2.66. The highest BCUT2D eigenvalue weighted by Crippen LogP contribution is 2.37. The van der Waals surface area contributed by atoms with Crippen LogP contribution in [0.5, 0.6) is 5.75 Å². The molecule has 1 heterocycles. The average molecular weight is 402 g/mol. The molecule has 0 radical (unpaired) electrons. The Morgan fingerprint density at radius 1 is 1.65 bits per heavy atom. The van der Waals surface area contributed by atoms with E-state index < -0.39 is 17.7 Å². The summed E-state index contributed by atoms with van der Waals surface area (Å²) in [7, 11) is 0. The van der Waals surface area contributed by atoms with Crippen LogP contribution in [0.2, 0.25) is 5.02 Å². The highest BCUT2D eigenvalue weighted by atomic mass is 79.9. The molecule has 0 aliphatic carbocycles. The molecular formula is C13H10BrClN4O4. The fourth-order valence-electron chi connectivity index (χ4n) is 1.90. The molecule has 1 atom stereocenters. The number of nitrogens with one attached hydrogen (secondary N) is 2. The molecule has 1 aromatic carbocycles. The molecule has 0 fully saturated rings. The Bertz CT molecular complexity index is 848. The summed E-state index contributed by atoms with van der Waals surface area (Å²) in [5, 5.41) is 19.9. The van der Waals surface area contributed by atoms with Gasteiger partial charge in [-0.15, -0.1) is 0 Å². The van der Waals surface area contributed by atoms with Crippen molar-refractivity contribution in [3.05, 3.63) is 32.2 Å². The Labute approximate surface area is 143 Å². The highest BCUT2D eigenvalue weighted by Gasteiger charge is 2.18. The Balaban J connectivity index is 2.39. The summed E-state index contributed by atoms with van der Waals surface area (Å²) in [6.45, 7) is -0.167. The number of hydrogen-bond donors (Lipinski definition) is 3. The van der Waals surface area contributed by atoms with Gasteiger partial charge < -0.3 is 20.1 Å². The number of carbonyl (C=O) groups is 1. The summed E-state index contributed by atoms with van der Waals surface area (Å²) in [6.07, 6.45) is -0.123. The van der Waals surface area contributed by atoms with E-state index in [0.717, 1.165) is 0 Å². The minimum atomic E-state index is -1.28. The second-order valence-electron chi connectivity index (χ2n) is 4.45. The fourth-order valence-corrected chi connectivity index (χ4v) is 2.50. The molecule has 8 nitrogen and oxygen atoms in total. The minimum absolute atomic E-state index is 0.0699. The standard InChI is InChI=1S/C13H10BrClN4O4/c14-7-3-8-9(12(20)18-5-17-8)11(10(7)15)23-4-6(1-2-16)19-13(21)22/h3,5-6,19H,1,4H2,(H,21,22)(H,17,18,20). The van der Waals surface area contributed by atoms with Crippen LogP contribution in [-0.2, 0) is 0 Å². The molecule has 0 bridgehead atoms. The van der Waals surface area contributed by atoms with Crippen molar-refractivity contribution in [3.63, 3.8) is 0 Å². The second-order valence-corrected chi connectivity index (χ2v) is 5.68. The molecule has 0 aliphatic heterocycles. The molecule has 0 saturated carbocycles. The van der Waals surface area contributed by atoms with Gasteiger partial charge in [0.05, 0.1) is 35.4 Å². The van der Waals surface area contributed by atoms with E-state index >= 15 is 0 Å². The third-order valence-electron chi connectivity index (χ3n) is 2.88. The van der Waals surface area contributed by atoms with Crippen molar-refractivity contribution >= 4 is 44.5 Å². The minimum Gasteiger partial charge on any atom is -0.489 e. The Hall–Kier alpha value is -2.31. The number of fused-ring (bicyclic) bond motifs is 1. The second kappa shape index (κ2) is 7.30. The quantitative estimate of drug-likeness (QED) is 0.705. The number of carboxylic acid groups (broad SMARTS) is 1. The monoisotopic (exact) mass is 400 g/mol. The summed E-state index contributed by atoms with van der Waals surface area (Å²) in [4.78, 5) is 29.2. The van der Waals surface area contributed by atoms with Crippen LogP contribution >= 0.6 is 27.5 Å². The molecule has 3 N–H and O–H groups in total. The van der Waals surface area contributed by atoms with E-state index in [4.69, 9.17) is 26.7 Å². The van der Waals surface area contributed by atoms with Crippen LogP contribution in [0.4, 0.5) is 4.79 Å². The van der Waals surface area contributed by atoms with Crippen LogP contribution in [-0.4, -0.2) is 33.8 Å². The summed E-state index contributed by atoms with van der Waals surface area (Å²) >= 11 is 9.40. The number of nitrogens with zero attached hydrogens (tertiary/aromatic N) is 2. The number of halogens is 2. The molecule has 2 rings (SSSR count). The van der Waals surface area contributed by atoms with Crippen molar-refractivity contribution in [2.75, 3.05) is 6.61 Å². The highest BCUT2D eigenvalue weighted by molar-refractivity contribution is 9.10. The Kier molecular flexibility index (Phi) is 5.41. The van der Waals surface area contributed by atoms with Gasteiger partial charge in [-0.25, -0.2) is 9.78 Å². The van der Waals surface area contributed by atoms with Crippen LogP contribution in [0.15, 0.2) is 21.7 Å². The maximum Gasteiger partial charge on any atom is 0.405 e. The van der Waals surface area contributed by atoms with Gasteiger partial charge in [-0.3, -0.25) is 4.79 Å². The lowest BCUT2D eigenvalue weighted by Crippen LogP contribution is -2.38. The van der Waals surface area contributed by atoms with Gasteiger partial charge in [0.2, 0.25) is 0 Å². The molecule has 1 amide bonds. The largest absolute Gasteiger partial charge is 0.489 e. The van der Waals surface area contributed by atoms with E-state index in [1.807, 2.05) is 6.07 Å². The number of benzene rings is 1. The lowest BCUT2D eigenvalue weighted by molar-refractivity contribution is 0.181. The molecule has 1 aromatic heterocycles. The zero-order chi connectivity index (χ0) is 17.0. The van der Waals surface area contributed by atoms with Crippen molar-refractivity contribution in [3.8, 4) is 11.8 Å². The van der Waals surface area contributed by atoms with Crippen LogP contribution < -0.4 is 15.6 Å². The maximum atomic E-state index is 12.0. The number of aromatic amines is 1. The zero-order valence-corrected chi connectivity index (χ0v) is 13.8. The molecule has 1 unspecified atom stereocenters. The van der Waals surface area contributed by atoms with Gasteiger partial charge in [0.1, 0.15) is 12.0 Å². The number of hydrogen-bond acceptors (Lipinski definition) is 5. The molecular weight excluding hydrogens is 392 g/mol. The predicted molar refractivity (Wildman–Crippen MR) is 85.7 cm³/mol. The molecule has 120 valence electrons. The smallest absolute Gasteiger partial charge is 0.405 e. The third kappa shape index (κ3) is 3.91. The van der Waals surface area contributed by atoms with Crippen molar-refractivity contribution in [1.82, 2.24) is 15.3 Å². The molecule has 0 aliphatic rings. The van der Waals surface area contributed by atoms with Gasteiger partial charge in [-0.2, -0.15) is 5.26 Å². The lowest BCUT2D eigenvalue weighted by atomic mass is 10.2. The fraction of sp³-hybridized carbons (Fsp3) is 0.231. The molecule has 0 spiro atoms. The first-order valence-corrected chi connectivity index (χ1v) is 7.45. The van der Waals surface area contributed by atoms with Crippen molar-refractivity contribution < 1.29 is 14.6 Å². The molecule has 2 aromatic rings. The summed E-state index contributed by atoms with van der Waals surface area (Å²) in [5.74, 6) is 0.0699. The van der Waals surface area contributed by atoms with Gasteiger partial charge in [0, 0.05) is 4.47 Å². The van der Waals surface area contributed by atoms with Crippen LogP contribution in [0.25, 0.3) is 10.9 Å². The number of H-pyrrole nitrogens is 1. The summed E-state index contributed by atoms with van der Waals surface area (Å²) in [5.41, 5.74) is -0.0783. The molecule has 23 heavy (non-hydrogen) atoms. The van der Waals surface area contributed by atoms with E-state index in [2.05, 4.69) is 31.2 Å². The third-order valence-corrected chi connectivity index (χ3v) is 4.11. The van der Waals surface area contributed by atoms with Gasteiger partial charge >= 0.3 is 6.09 Å². The van der Waals surface area contributed by atoms with E-state index in [1.54, 1.807) is 6.07 Å². The first-order chi connectivity index (χ1) is 10.9. The van der Waals surface area contributed by atoms with Crippen LogP contribution in [0, 0.1) is 11.3 Å². The normalized spacial score (nSPS) is 11.7. The Morgan fingerprint density at radius 3 is 3.04 bits per heavy atom. The molecule has 10 heteroatoms. The van der Waals surface area contributed by atoms with Gasteiger partial charge in [0.25, 0.3) is 5.56 Å². The number of ether oxygens (including phenoxy) is 1. The first-order valence-electron chi connectivity index (χ1n) is 6.28. The van der Waals surface area contributed by atoms with E-state index in [0.29, 0.717) is 9.99 Å². The van der Waals surface area contributed by atoms with Crippen molar-refractivity contribution in [2.45, 2.75) is 12.5 Å². The van der Waals surface area contributed by atoms with Gasteiger partial charge in [-0.1, -0.05) is 11.6 Å². The van der Waals surface area contributed by atoms with E-state index in [-0.39, 0.29) is 29.2 Å². The van der Waals surface area contributed by atoms with E-state index in [9.17, 15) is 9.59 Å². The molecule has 0 saturated heterocycles. The Morgan fingerprint density at radius 2 is 2.39 bits per heavy atom. The van der Waals surface area contributed by atoms with Gasteiger partial charge in [-0.05, 0) is 22.0 Å². The lowest BCUT2D eigenvalue weighted by Gasteiger charge is -2.17. The number of rotatable bonds is 5. The van der Waals surface area contributed by atoms with E-state index in [1.165, 1.54) is 6.33 Å². The van der Waals surface area contributed by atoms with Crippen LogP contribution in [0.1, 0.15) is 6.42 Å². The maximum absolute atomic E-state index is 12.0. The number of nitriles is 1. The SMILES string of the molecule is N#CCC(COc1c(Cl)c(Br)cc2nc[nH]c(=O)c12)NC(=O)O. The number of amides is 1. The topological polar surface area (TPSA) is 128 Å². The average Bonchev–Trinajstić information content (AvgIpc) is 2.48. The summed E-state index contributed by atoms with van der Waals surface area (Å²) < 4.78 is 6.00. The number of aromatic nitrogens is 2. The first kappa shape index (κ1) is 17.1.